The second-order valence-electron chi connectivity index (χ2n) is 6.81. The van der Waals surface area contributed by atoms with Gasteiger partial charge in [-0.15, -0.1) is 0 Å². The second-order valence-corrected chi connectivity index (χ2v) is 6.81. The molecular weight excluding hydrogens is 384 g/mol. The highest BCUT2D eigenvalue weighted by Gasteiger charge is 2.17. The number of hydrogen-bond donors (Lipinski definition) is 2. The monoisotopic (exact) mass is 404 g/mol. The van der Waals surface area contributed by atoms with Gasteiger partial charge < -0.3 is 15.5 Å². The van der Waals surface area contributed by atoms with Crippen molar-refractivity contribution in [3.8, 4) is 11.3 Å². The van der Waals surface area contributed by atoms with Gasteiger partial charge in [-0.3, -0.25) is 14.9 Å². The molecule has 1 saturated heterocycles. The van der Waals surface area contributed by atoms with E-state index in [9.17, 15) is 14.9 Å². The van der Waals surface area contributed by atoms with Crippen molar-refractivity contribution < 1.29 is 9.72 Å². The van der Waals surface area contributed by atoms with Gasteiger partial charge in [0, 0.05) is 61.3 Å². The molecule has 0 unspecified atom stereocenters. The Hall–Kier alpha value is -3.85. The number of nitro benzene ring substituents is 1. The SMILES string of the molecule is O=C(c1ccc(Nc2nccc(-c3ccc([N+](=O)[O-])cc3)n2)cc1)N1CCNCC1. The van der Waals surface area contributed by atoms with E-state index in [0.717, 1.165) is 24.3 Å². The third-order valence-electron chi connectivity index (χ3n) is 4.82. The zero-order chi connectivity index (χ0) is 20.9. The minimum Gasteiger partial charge on any atom is -0.336 e. The molecule has 3 aromatic rings. The van der Waals surface area contributed by atoms with Gasteiger partial charge in [0.1, 0.15) is 0 Å². The van der Waals surface area contributed by atoms with E-state index in [1.165, 1.54) is 12.1 Å². The first-order valence-electron chi connectivity index (χ1n) is 9.55. The van der Waals surface area contributed by atoms with Gasteiger partial charge in [-0.05, 0) is 42.5 Å². The van der Waals surface area contributed by atoms with Gasteiger partial charge in [-0.2, -0.15) is 0 Å². The Morgan fingerprint density at radius 1 is 1.03 bits per heavy atom. The molecule has 2 aromatic carbocycles. The zero-order valence-corrected chi connectivity index (χ0v) is 16.1. The summed E-state index contributed by atoms with van der Waals surface area (Å²) in [6.45, 7) is 3.05. The highest BCUT2D eigenvalue weighted by molar-refractivity contribution is 5.94. The number of nitrogens with zero attached hydrogens (tertiary/aromatic N) is 4. The number of nitrogens with one attached hydrogen (secondary N) is 2. The summed E-state index contributed by atoms with van der Waals surface area (Å²) in [5, 5.41) is 17.2. The lowest BCUT2D eigenvalue weighted by Crippen LogP contribution is -2.46. The molecule has 1 aromatic heterocycles. The maximum Gasteiger partial charge on any atom is 0.269 e. The number of nitro groups is 1. The summed E-state index contributed by atoms with van der Waals surface area (Å²) < 4.78 is 0. The summed E-state index contributed by atoms with van der Waals surface area (Å²) in [5.41, 5.74) is 2.83. The Kier molecular flexibility index (Phi) is 5.62. The predicted molar refractivity (Wildman–Crippen MR) is 113 cm³/mol. The van der Waals surface area contributed by atoms with Crippen LogP contribution in [-0.4, -0.2) is 51.9 Å². The standard InChI is InChI=1S/C21H20N6O3/c28-20(26-13-11-22-12-14-26)16-1-5-17(6-2-16)24-21-23-10-9-19(25-21)15-3-7-18(8-4-15)27(29)30/h1-10,22H,11-14H2,(H,23,24,25). The number of aromatic nitrogens is 2. The first-order chi connectivity index (χ1) is 14.6. The molecule has 30 heavy (non-hydrogen) atoms. The third-order valence-corrected chi connectivity index (χ3v) is 4.82. The first-order valence-corrected chi connectivity index (χ1v) is 9.55. The molecule has 152 valence electrons. The Morgan fingerprint density at radius 3 is 2.40 bits per heavy atom. The van der Waals surface area contributed by atoms with Crippen molar-refractivity contribution in [2.75, 3.05) is 31.5 Å². The van der Waals surface area contributed by atoms with E-state index in [1.54, 1.807) is 36.5 Å². The van der Waals surface area contributed by atoms with Gasteiger partial charge >= 0.3 is 0 Å². The van der Waals surface area contributed by atoms with Crippen molar-refractivity contribution in [3.63, 3.8) is 0 Å². The van der Waals surface area contributed by atoms with Crippen LogP contribution in [0.3, 0.4) is 0 Å². The minimum atomic E-state index is -0.437. The summed E-state index contributed by atoms with van der Waals surface area (Å²) in [4.78, 5) is 33.5. The van der Waals surface area contributed by atoms with E-state index in [0.29, 0.717) is 30.3 Å². The van der Waals surface area contributed by atoms with Crippen LogP contribution in [0.5, 0.6) is 0 Å². The molecular formula is C21H20N6O3. The van der Waals surface area contributed by atoms with E-state index >= 15 is 0 Å². The fourth-order valence-corrected chi connectivity index (χ4v) is 3.21. The lowest BCUT2D eigenvalue weighted by Gasteiger charge is -2.27. The molecule has 9 heteroatoms. The summed E-state index contributed by atoms with van der Waals surface area (Å²) in [6, 6.07) is 15.1. The van der Waals surface area contributed by atoms with Gasteiger partial charge in [-0.25, -0.2) is 9.97 Å². The molecule has 0 aliphatic carbocycles. The van der Waals surface area contributed by atoms with Gasteiger partial charge in [0.05, 0.1) is 10.6 Å². The fourth-order valence-electron chi connectivity index (χ4n) is 3.21. The van der Waals surface area contributed by atoms with Crippen LogP contribution in [0.15, 0.2) is 60.8 Å². The van der Waals surface area contributed by atoms with E-state index < -0.39 is 4.92 Å². The number of amides is 1. The molecule has 2 heterocycles. The summed E-state index contributed by atoms with van der Waals surface area (Å²) >= 11 is 0. The lowest BCUT2D eigenvalue weighted by molar-refractivity contribution is -0.384. The molecule has 0 radical (unpaired) electrons. The molecule has 9 nitrogen and oxygen atoms in total. The Morgan fingerprint density at radius 2 is 1.73 bits per heavy atom. The summed E-state index contributed by atoms with van der Waals surface area (Å²) in [7, 11) is 0. The number of rotatable bonds is 5. The van der Waals surface area contributed by atoms with E-state index in [-0.39, 0.29) is 11.6 Å². The number of carbonyl (C=O) groups is 1. The van der Waals surface area contributed by atoms with Crippen LogP contribution < -0.4 is 10.6 Å². The molecule has 0 atom stereocenters. The van der Waals surface area contributed by atoms with Crippen LogP contribution in [0.2, 0.25) is 0 Å². The first kappa shape index (κ1) is 19.5. The Balaban J connectivity index is 1.46. The predicted octanol–water partition coefficient (Wildman–Crippen LogP) is 2.84. The van der Waals surface area contributed by atoms with Crippen molar-refractivity contribution in [2.24, 2.45) is 0 Å². The number of anilines is 2. The van der Waals surface area contributed by atoms with Crippen molar-refractivity contribution in [1.29, 1.82) is 0 Å². The van der Waals surface area contributed by atoms with Gasteiger partial charge in [0.2, 0.25) is 5.95 Å². The molecule has 1 fully saturated rings. The summed E-state index contributed by atoms with van der Waals surface area (Å²) in [5.74, 6) is 0.423. The van der Waals surface area contributed by atoms with Crippen LogP contribution in [-0.2, 0) is 0 Å². The molecule has 1 aliphatic heterocycles. The maximum atomic E-state index is 12.5. The van der Waals surface area contributed by atoms with Crippen LogP contribution in [0, 0.1) is 10.1 Å². The molecule has 4 rings (SSSR count). The number of piperazine rings is 1. The smallest absolute Gasteiger partial charge is 0.269 e. The largest absolute Gasteiger partial charge is 0.336 e. The highest BCUT2D eigenvalue weighted by Crippen LogP contribution is 2.22. The Labute approximate surface area is 172 Å². The van der Waals surface area contributed by atoms with Gasteiger partial charge in [0.15, 0.2) is 0 Å². The van der Waals surface area contributed by atoms with Crippen LogP contribution in [0.1, 0.15) is 10.4 Å². The van der Waals surface area contributed by atoms with Crippen LogP contribution in [0.4, 0.5) is 17.3 Å². The fraction of sp³-hybridized carbons (Fsp3) is 0.190. The number of benzene rings is 2. The zero-order valence-electron chi connectivity index (χ0n) is 16.1. The average molecular weight is 404 g/mol. The molecule has 2 N–H and O–H groups in total. The van der Waals surface area contributed by atoms with Gasteiger partial charge in [-0.1, -0.05) is 0 Å². The van der Waals surface area contributed by atoms with Crippen LogP contribution in [0.25, 0.3) is 11.3 Å². The Bertz CT molecular complexity index is 1050. The molecule has 1 amide bonds. The second kappa shape index (κ2) is 8.66. The van der Waals surface area contributed by atoms with Crippen molar-refractivity contribution in [3.05, 3.63) is 76.5 Å². The minimum absolute atomic E-state index is 0.0273. The summed E-state index contributed by atoms with van der Waals surface area (Å²) in [6.07, 6.45) is 1.62. The lowest BCUT2D eigenvalue weighted by atomic mass is 10.1. The topological polar surface area (TPSA) is 113 Å². The normalized spacial score (nSPS) is 13.7. The number of hydrogen-bond acceptors (Lipinski definition) is 7. The number of non-ortho nitro benzene ring substituents is 1. The average Bonchev–Trinajstić information content (AvgIpc) is 2.80. The highest BCUT2D eigenvalue weighted by atomic mass is 16.6. The van der Waals surface area contributed by atoms with E-state index in [1.807, 2.05) is 17.0 Å². The molecule has 0 spiro atoms. The van der Waals surface area contributed by atoms with Crippen LogP contribution >= 0.6 is 0 Å². The van der Waals surface area contributed by atoms with E-state index in [4.69, 9.17) is 0 Å². The molecule has 0 saturated carbocycles. The number of carbonyl (C=O) groups excluding carboxylic acids is 1. The molecule has 0 bridgehead atoms. The van der Waals surface area contributed by atoms with Crippen molar-refractivity contribution >= 4 is 23.2 Å². The quantitative estimate of drug-likeness (QED) is 0.496. The maximum absolute atomic E-state index is 12.5. The van der Waals surface area contributed by atoms with Crippen molar-refractivity contribution in [1.82, 2.24) is 20.2 Å². The third kappa shape index (κ3) is 4.41. The van der Waals surface area contributed by atoms with E-state index in [2.05, 4.69) is 20.6 Å². The van der Waals surface area contributed by atoms with Crippen molar-refractivity contribution in [2.45, 2.75) is 0 Å². The van der Waals surface area contributed by atoms with Gasteiger partial charge in [0.25, 0.3) is 11.6 Å². The molecule has 1 aliphatic rings.